The summed E-state index contributed by atoms with van der Waals surface area (Å²) < 4.78 is 5.17. The summed E-state index contributed by atoms with van der Waals surface area (Å²) in [6.45, 7) is 4.68. The number of carbonyl (C=O) groups is 1. The van der Waals surface area contributed by atoms with E-state index < -0.39 is 0 Å². The minimum atomic E-state index is -0.0108. The van der Waals surface area contributed by atoms with Gasteiger partial charge in [-0.2, -0.15) is 0 Å². The molecule has 104 valence electrons. The van der Waals surface area contributed by atoms with Crippen molar-refractivity contribution in [1.82, 2.24) is 10.2 Å². The van der Waals surface area contributed by atoms with E-state index in [1.165, 1.54) is 0 Å². The fourth-order valence-corrected chi connectivity index (χ4v) is 2.68. The lowest BCUT2D eigenvalue weighted by Gasteiger charge is -2.32. The molecule has 1 saturated heterocycles. The fraction of sp³-hybridized carbons (Fsp3) is 0.533. The van der Waals surface area contributed by atoms with Crippen LogP contribution >= 0.6 is 0 Å². The van der Waals surface area contributed by atoms with E-state index in [0.717, 1.165) is 24.2 Å². The molecule has 4 nitrogen and oxygen atoms in total. The molecule has 19 heavy (non-hydrogen) atoms. The van der Waals surface area contributed by atoms with Gasteiger partial charge in [-0.1, -0.05) is 26.0 Å². The van der Waals surface area contributed by atoms with E-state index in [9.17, 15) is 4.79 Å². The van der Waals surface area contributed by atoms with Crippen molar-refractivity contribution in [1.29, 1.82) is 0 Å². The molecule has 1 amide bonds. The van der Waals surface area contributed by atoms with E-state index in [4.69, 9.17) is 4.74 Å². The third-order valence-corrected chi connectivity index (χ3v) is 3.78. The van der Waals surface area contributed by atoms with Gasteiger partial charge in [0.15, 0.2) is 0 Å². The largest absolute Gasteiger partial charge is 0.497 e. The molecule has 0 spiro atoms. The highest BCUT2D eigenvalue weighted by molar-refractivity contribution is 5.81. The normalized spacial score (nSPS) is 19.3. The summed E-state index contributed by atoms with van der Waals surface area (Å²) in [5, 5.41) is 3.29. The molecule has 1 unspecified atom stereocenters. The zero-order valence-electron chi connectivity index (χ0n) is 11.8. The average molecular weight is 262 g/mol. The summed E-state index contributed by atoms with van der Waals surface area (Å²) >= 11 is 0. The Balaban J connectivity index is 2.23. The van der Waals surface area contributed by atoms with Gasteiger partial charge in [0.25, 0.3) is 0 Å². The highest BCUT2D eigenvalue weighted by Crippen LogP contribution is 2.28. The van der Waals surface area contributed by atoms with E-state index >= 15 is 0 Å². The van der Waals surface area contributed by atoms with Crippen LogP contribution in [0.15, 0.2) is 24.3 Å². The number of methoxy groups -OCH3 is 1. The molecular weight excluding hydrogens is 240 g/mol. The van der Waals surface area contributed by atoms with Crippen LogP contribution in [0.5, 0.6) is 5.75 Å². The molecule has 1 fully saturated rings. The lowest BCUT2D eigenvalue weighted by Crippen LogP contribution is -2.39. The summed E-state index contributed by atoms with van der Waals surface area (Å²) in [5.41, 5.74) is 1.11. The molecule has 2 rings (SSSR count). The van der Waals surface area contributed by atoms with Gasteiger partial charge in [-0.05, 0) is 30.5 Å². The maximum atomic E-state index is 12.1. The summed E-state index contributed by atoms with van der Waals surface area (Å²) in [7, 11) is 1.66. The van der Waals surface area contributed by atoms with Crippen LogP contribution in [0.4, 0.5) is 0 Å². The number of hydrogen-bond donors (Lipinski definition) is 1. The highest BCUT2D eigenvalue weighted by atomic mass is 16.5. The molecule has 4 heteroatoms. The van der Waals surface area contributed by atoms with Gasteiger partial charge in [-0.15, -0.1) is 0 Å². The number of ether oxygens (including phenoxy) is 1. The summed E-state index contributed by atoms with van der Waals surface area (Å²) in [5.74, 6) is 1.02. The standard InChI is InChI=1S/C15H22N2O2/c1-4-12(5-2)17-14(18)10-16-15(17)11-6-8-13(19-3)9-7-11/h6-9,12,15-16H,4-5,10H2,1-3H3. The number of benzene rings is 1. The van der Waals surface area contributed by atoms with Gasteiger partial charge in [0.2, 0.25) is 5.91 Å². The zero-order chi connectivity index (χ0) is 13.8. The maximum absolute atomic E-state index is 12.1. The Morgan fingerprint density at radius 2 is 1.95 bits per heavy atom. The molecule has 1 heterocycles. The third kappa shape index (κ3) is 2.73. The monoisotopic (exact) mass is 262 g/mol. The van der Waals surface area contributed by atoms with Crippen LogP contribution in [-0.2, 0) is 4.79 Å². The van der Waals surface area contributed by atoms with Crippen LogP contribution in [0.3, 0.4) is 0 Å². The molecule has 1 atom stereocenters. The second kappa shape index (κ2) is 6.06. The van der Waals surface area contributed by atoms with Gasteiger partial charge in [0.1, 0.15) is 11.9 Å². The number of nitrogens with one attached hydrogen (secondary N) is 1. The summed E-state index contributed by atoms with van der Waals surface area (Å²) in [6, 6.07) is 8.21. The quantitative estimate of drug-likeness (QED) is 0.885. The Morgan fingerprint density at radius 1 is 1.32 bits per heavy atom. The van der Waals surface area contributed by atoms with Crippen LogP contribution in [0.1, 0.15) is 38.4 Å². The molecular formula is C15H22N2O2. The van der Waals surface area contributed by atoms with E-state index in [1.807, 2.05) is 29.2 Å². The number of rotatable bonds is 5. The predicted molar refractivity (Wildman–Crippen MR) is 75.0 cm³/mol. The molecule has 0 aromatic heterocycles. The predicted octanol–water partition coefficient (Wildman–Crippen LogP) is 2.31. The van der Waals surface area contributed by atoms with Crippen molar-refractivity contribution < 1.29 is 9.53 Å². The first-order valence-electron chi connectivity index (χ1n) is 6.89. The molecule has 1 aliphatic rings. The maximum Gasteiger partial charge on any atom is 0.238 e. The molecule has 1 aromatic carbocycles. The van der Waals surface area contributed by atoms with Crippen LogP contribution in [0, 0.1) is 0 Å². The van der Waals surface area contributed by atoms with Gasteiger partial charge >= 0.3 is 0 Å². The lowest BCUT2D eigenvalue weighted by atomic mass is 10.1. The Bertz CT molecular complexity index is 426. The Kier molecular flexibility index (Phi) is 4.43. The second-order valence-corrected chi connectivity index (χ2v) is 4.83. The van der Waals surface area contributed by atoms with Gasteiger partial charge in [0.05, 0.1) is 13.7 Å². The summed E-state index contributed by atoms with van der Waals surface area (Å²) in [6.07, 6.45) is 1.95. The first kappa shape index (κ1) is 13.9. The first-order chi connectivity index (χ1) is 9.21. The Morgan fingerprint density at radius 3 is 2.47 bits per heavy atom. The molecule has 0 bridgehead atoms. The van der Waals surface area contributed by atoms with E-state index in [0.29, 0.717) is 12.6 Å². The van der Waals surface area contributed by atoms with E-state index in [-0.39, 0.29) is 12.1 Å². The van der Waals surface area contributed by atoms with Gasteiger partial charge in [-0.25, -0.2) is 0 Å². The SMILES string of the molecule is CCC(CC)N1C(=O)CNC1c1ccc(OC)cc1. The smallest absolute Gasteiger partial charge is 0.238 e. The number of nitrogens with zero attached hydrogens (tertiary/aromatic N) is 1. The minimum Gasteiger partial charge on any atom is -0.497 e. The number of hydrogen-bond acceptors (Lipinski definition) is 3. The highest BCUT2D eigenvalue weighted by Gasteiger charge is 2.35. The van der Waals surface area contributed by atoms with Crippen molar-refractivity contribution in [2.75, 3.05) is 13.7 Å². The van der Waals surface area contributed by atoms with Crippen molar-refractivity contribution in [3.8, 4) is 5.75 Å². The first-order valence-corrected chi connectivity index (χ1v) is 6.89. The minimum absolute atomic E-state index is 0.0108. The van der Waals surface area contributed by atoms with Gasteiger partial charge < -0.3 is 9.64 Å². The average Bonchev–Trinajstić information content (AvgIpc) is 2.83. The van der Waals surface area contributed by atoms with Crippen LogP contribution in [-0.4, -0.2) is 30.5 Å². The Labute approximate surface area is 114 Å². The van der Waals surface area contributed by atoms with Crippen molar-refractivity contribution in [2.45, 2.75) is 38.9 Å². The second-order valence-electron chi connectivity index (χ2n) is 4.83. The molecule has 0 radical (unpaired) electrons. The number of amides is 1. The zero-order valence-corrected chi connectivity index (χ0v) is 11.8. The van der Waals surface area contributed by atoms with Crippen molar-refractivity contribution in [3.63, 3.8) is 0 Å². The Hall–Kier alpha value is -1.55. The summed E-state index contributed by atoms with van der Waals surface area (Å²) in [4.78, 5) is 14.1. The van der Waals surface area contributed by atoms with Gasteiger partial charge in [0, 0.05) is 6.04 Å². The van der Waals surface area contributed by atoms with Crippen molar-refractivity contribution >= 4 is 5.91 Å². The lowest BCUT2D eigenvalue weighted by molar-refractivity contribution is -0.130. The van der Waals surface area contributed by atoms with Crippen LogP contribution in [0.2, 0.25) is 0 Å². The van der Waals surface area contributed by atoms with Crippen molar-refractivity contribution in [3.05, 3.63) is 29.8 Å². The molecule has 0 aliphatic carbocycles. The van der Waals surface area contributed by atoms with Crippen LogP contribution < -0.4 is 10.1 Å². The van der Waals surface area contributed by atoms with E-state index in [2.05, 4.69) is 19.2 Å². The van der Waals surface area contributed by atoms with E-state index in [1.54, 1.807) is 7.11 Å². The fourth-order valence-electron chi connectivity index (χ4n) is 2.68. The molecule has 1 aliphatic heterocycles. The molecule has 0 saturated carbocycles. The topological polar surface area (TPSA) is 41.6 Å². The number of carbonyl (C=O) groups excluding carboxylic acids is 1. The van der Waals surface area contributed by atoms with Crippen molar-refractivity contribution in [2.24, 2.45) is 0 Å². The molecule has 1 N–H and O–H groups in total. The van der Waals surface area contributed by atoms with Crippen LogP contribution in [0.25, 0.3) is 0 Å². The molecule has 1 aromatic rings. The van der Waals surface area contributed by atoms with Gasteiger partial charge in [-0.3, -0.25) is 10.1 Å². The third-order valence-electron chi connectivity index (χ3n) is 3.78.